The van der Waals surface area contributed by atoms with Crippen molar-refractivity contribution in [2.24, 2.45) is 0 Å². The van der Waals surface area contributed by atoms with E-state index in [4.69, 9.17) is 17.0 Å². The number of hydrogen-bond acceptors (Lipinski definition) is 2. The maximum absolute atomic E-state index is 5.57. The van der Waals surface area contributed by atoms with Crippen molar-refractivity contribution < 1.29 is 4.74 Å². The standard InChI is InChI=1S/C14H20N2OS/c1-11-5-2-3-7-13(11)16-14(18)15-9-8-12-6-4-10-17-12/h2-3,5,7,12H,4,6,8-10H2,1H3,(H2,15,16,18). The topological polar surface area (TPSA) is 33.3 Å². The average molecular weight is 264 g/mol. The highest BCUT2D eigenvalue weighted by Gasteiger charge is 2.14. The summed E-state index contributed by atoms with van der Waals surface area (Å²) in [5.41, 5.74) is 2.26. The second-order valence-corrected chi connectivity index (χ2v) is 5.03. The van der Waals surface area contributed by atoms with Crippen molar-refractivity contribution in [1.29, 1.82) is 0 Å². The third kappa shape index (κ3) is 3.96. The van der Waals surface area contributed by atoms with E-state index in [9.17, 15) is 0 Å². The van der Waals surface area contributed by atoms with Crippen LogP contribution < -0.4 is 10.6 Å². The van der Waals surface area contributed by atoms with Gasteiger partial charge in [0.25, 0.3) is 0 Å². The van der Waals surface area contributed by atoms with Crippen LogP contribution in [0, 0.1) is 6.92 Å². The lowest BCUT2D eigenvalue weighted by Crippen LogP contribution is -2.31. The van der Waals surface area contributed by atoms with Gasteiger partial charge in [-0.25, -0.2) is 0 Å². The first-order chi connectivity index (χ1) is 8.75. The summed E-state index contributed by atoms with van der Waals surface area (Å²) < 4.78 is 5.57. The molecule has 2 rings (SSSR count). The number of ether oxygens (including phenoxy) is 1. The molecule has 1 aliphatic rings. The predicted octanol–water partition coefficient (Wildman–Crippen LogP) is 2.85. The summed E-state index contributed by atoms with van der Waals surface area (Å²) in [6.45, 7) is 3.84. The van der Waals surface area contributed by atoms with Crippen molar-refractivity contribution in [2.75, 3.05) is 18.5 Å². The van der Waals surface area contributed by atoms with Crippen LogP contribution in [0.15, 0.2) is 24.3 Å². The Morgan fingerprint density at radius 1 is 1.44 bits per heavy atom. The second-order valence-electron chi connectivity index (χ2n) is 4.62. The predicted molar refractivity (Wildman–Crippen MR) is 79.0 cm³/mol. The van der Waals surface area contributed by atoms with Gasteiger partial charge >= 0.3 is 0 Å². The van der Waals surface area contributed by atoms with Gasteiger partial charge in [0, 0.05) is 18.8 Å². The van der Waals surface area contributed by atoms with E-state index in [0.717, 1.165) is 25.3 Å². The number of thiocarbonyl (C=S) groups is 1. The highest BCUT2D eigenvalue weighted by Crippen LogP contribution is 2.15. The van der Waals surface area contributed by atoms with Gasteiger partial charge in [0.05, 0.1) is 6.10 Å². The quantitative estimate of drug-likeness (QED) is 0.819. The second kappa shape index (κ2) is 6.71. The summed E-state index contributed by atoms with van der Waals surface area (Å²) in [6.07, 6.45) is 3.81. The molecule has 98 valence electrons. The summed E-state index contributed by atoms with van der Waals surface area (Å²) in [4.78, 5) is 0. The van der Waals surface area contributed by atoms with Gasteiger partial charge in [0.2, 0.25) is 0 Å². The number of anilines is 1. The van der Waals surface area contributed by atoms with Gasteiger partial charge in [-0.05, 0) is 50.0 Å². The minimum absolute atomic E-state index is 0.416. The molecule has 1 atom stereocenters. The maximum Gasteiger partial charge on any atom is 0.170 e. The fourth-order valence-electron chi connectivity index (χ4n) is 2.10. The van der Waals surface area contributed by atoms with Crippen LogP contribution in [0.25, 0.3) is 0 Å². The van der Waals surface area contributed by atoms with Crippen LogP contribution in [0.1, 0.15) is 24.8 Å². The molecule has 0 aliphatic carbocycles. The summed E-state index contributed by atoms with van der Waals surface area (Å²) in [5, 5.41) is 7.12. The largest absolute Gasteiger partial charge is 0.378 e. The van der Waals surface area contributed by atoms with E-state index in [2.05, 4.69) is 23.6 Å². The molecule has 1 aromatic carbocycles. The smallest absolute Gasteiger partial charge is 0.170 e. The zero-order chi connectivity index (χ0) is 12.8. The van der Waals surface area contributed by atoms with E-state index < -0.39 is 0 Å². The molecular formula is C14H20N2OS. The van der Waals surface area contributed by atoms with Crippen molar-refractivity contribution in [2.45, 2.75) is 32.3 Å². The highest BCUT2D eigenvalue weighted by molar-refractivity contribution is 7.80. The highest BCUT2D eigenvalue weighted by atomic mass is 32.1. The van der Waals surface area contributed by atoms with Gasteiger partial charge in [-0.2, -0.15) is 0 Å². The minimum atomic E-state index is 0.416. The first-order valence-corrected chi connectivity index (χ1v) is 6.88. The Labute approximate surface area is 114 Å². The number of para-hydroxylation sites is 1. The molecule has 1 heterocycles. The molecule has 0 amide bonds. The number of nitrogens with one attached hydrogen (secondary N) is 2. The molecule has 0 radical (unpaired) electrons. The summed E-state index contributed by atoms with van der Waals surface area (Å²) in [7, 11) is 0. The molecule has 0 aromatic heterocycles. The van der Waals surface area contributed by atoms with Gasteiger partial charge in [0.15, 0.2) is 5.11 Å². The lowest BCUT2D eigenvalue weighted by atomic mass is 10.2. The fraction of sp³-hybridized carbons (Fsp3) is 0.500. The average Bonchev–Trinajstić information content (AvgIpc) is 2.85. The molecule has 1 aromatic rings. The van der Waals surface area contributed by atoms with Crippen LogP contribution in [0.3, 0.4) is 0 Å². The molecule has 1 unspecified atom stereocenters. The fourth-order valence-corrected chi connectivity index (χ4v) is 2.31. The van der Waals surface area contributed by atoms with Crippen LogP contribution in [-0.2, 0) is 4.74 Å². The monoisotopic (exact) mass is 264 g/mol. The molecule has 0 saturated carbocycles. The number of hydrogen-bond donors (Lipinski definition) is 2. The molecular weight excluding hydrogens is 244 g/mol. The molecule has 3 nitrogen and oxygen atoms in total. The van der Waals surface area contributed by atoms with E-state index >= 15 is 0 Å². The van der Waals surface area contributed by atoms with Crippen molar-refractivity contribution in [3.05, 3.63) is 29.8 Å². The number of aryl methyl sites for hydroxylation is 1. The Hall–Kier alpha value is -1.13. The van der Waals surface area contributed by atoms with Crippen LogP contribution in [0.4, 0.5) is 5.69 Å². The summed E-state index contributed by atoms with van der Waals surface area (Å²) >= 11 is 5.27. The molecule has 4 heteroatoms. The third-order valence-corrected chi connectivity index (χ3v) is 3.42. The van der Waals surface area contributed by atoms with Crippen LogP contribution in [0.5, 0.6) is 0 Å². The van der Waals surface area contributed by atoms with Crippen molar-refractivity contribution in [1.82, 2.24) is 5.32 Å². The Morgan fingerprint density at radius 2 is 2.28 bits per heavy atom. The molecule has 1 aliphatic heterocycles. The normalized spacial score (nSPS) is 18.6. The van der Waals surface area contributed by atoms with Gasteiger partial charge in [-0.1, -0.05) is 18.2 Å². The lowest BCUT2D eigenvalue weighted by Gasteiger charge is -2.14. The van der Waals surface area contributed by atoms with Gasteiger partial charge in [0.1, 0.15) is 0 Å². The molecule has 1 saturated heterocycles. The Bertz CT molecular complexity index is 403. The van der Waals surface area contributed by atoms with E-state index in [1.165, 1.54) is 18.4 Å². The van der Waals surface area contributed by atoms with E-state index in [1.54, 1.807) is 0 Å². The van der Waals surface area contributed by atoms with E-state index in [0.29, 0.717) is 11.2 Å². The Kier molecular flexibility index (Phi) is 4.96. The zero-order valence-electron chi connectivity index (χ0n) is 10.7. The first kappa shape index (κ1) is 13.3. The lowest BCUT2D eigenvalue weighted by molar-refractivity contribution is 0.105. The number of rotatable bonds is 4. The van der Waals surface area contributed by atoms with Crippen LogP contribution in [0.2, 0.25) is 0 Å². The van der Waals surface area contributed by atoms with Crippen molar-refractivity contribution in [3.8, 4) is 0 Å². The molecule has 0 spiro atoms. The summed E-state index contributed by atoms with van der Waals surface area (Å²) in [5.74, 6) is 0. The third-order valence-electron chi connectivity index (χ3n) is 3.17. The van der Waals surface area contributed by atoms with Crippen molar-refractivity contribution >= 4 is 23.0 Å². The zero-order valence-corrected chi connectivity index (χ0v) is 11.6. The molecule has 1 fully saturated rings. The summed E-state index contributed by atoms with van der Waals surface area (Å²) in [6, 6.07) is 8.12. The van der Waals surface area contributed by atoms with E-state index in [1.807, 2.05) is 18.2 Å². The number of benzene rings is 1. The van der Waals surface area contributed by atoms with Gasteiger partial charge in [-0.3, -0.25) is 0 Å². The molecule has 0 bridgehead atoms. The molecule has 18 heavy (non-hydrogen) atoms. The van der Waals surface area contributed by atoms with Crippen LogP contribution in [-0.4, -0.2) is 24.4 Å². The first-order valence-electron chi connectivity index (χ1n) is 6.48. The molecule has 2 N–H and O–H groups in total. The van der Waals surface area contributed by atoms with E-state index in [-0.39, 0.29) is 0 Å². The van der Waals surface area contributed by atoms with Gasteiger partial charge in [-0.15, -0.1) is 0 Å². The SMILES string of the molecule is Cc1ccccc1NC(=S)NCCC1CCCO1. The Balaban J connectivity index is 1.70. The maximum atomic E-state index is 5.57. The van der Waals surface area contributed by atoms with Crippen molar-refractivity contribution in [3.63, 3.8) is 0 Å². The van der Waals surface area contributed by atoms with Crippen LogP contribution >= 0.6 is 12.2 Å². The van der Waals surface area contributed by atoms with Gasteiger partial charge < -0.3 is 15.4 Å². The minimum Gasteiger partial charge on any atom is -0.378 e. The Morgan fingerprint density at radius 3 is 3.00 bits per heavy atom.